The molecule has 2 aromatic rings. The number of alkyl halides is 5. The van der Waals surface area contributed by atoms with E-state index in [1.807, 2.05) is 0 Å². The van der Waals surface area contributed by atoms with Crippen LogP contribution in [0.3, 0.4) is 0 Å². The number of carbonyl (C=O) groups is 1. The third kappa shape index (κ3) is 3.87. The van der Waals surface area contributed by atoms with Crippen LogP contribution < -0.4 is 10.1 Å². The highest BCUT2D eigenvalue weighted by atomic mass is 19.4. The lowest BCUT2D eigenvalue weighted by Gasteiger charge is -2.38. The number of nitrogens with zero attached hydrogens (tertiary/aromatic N) is 1. The first-order valence-electron chi connectivity index (χ1n) is 7.52. The number of hydrogen-bond acceptors (Lipinski definition) is 3. The van der Waals surface area contributed by atoms with Gasteiger partial charge in [-0.15, -0.1) is 0 Å². The molecule has 0 saturated carbocycles. The molecule has 0 unspecified atom stereocenters. The first kappa shape index (κ1) is 18.0. The van der Waals surface area contributed by atoms with Crippen molar-refractivity contribution in [3.05, 3.63) is 59.7 Å². The summed E-state index contributed by atoms with van der Waals surface area (Å²) in [5.41, 5.74) is 0.832. The second-order valence-electron chi connectivity index (χ2n) is 5.59. The number of anilines is 1. The summed E-state index contributed by atoms with van der Waals surface area (Å²) in [7, 11) is 0. The standard InChI is InChI=1S/C17H13F5N2O2/c18-16(19)26-11-7-5-10(6-8-11)14-23-13-4-2-1-3-12(13)15(25)24(14)9-17(20,21)22/h1-8,14,16,23H,9H2/t14-/m0/s1. The van der Waals surface area contributed by atoms with Gasteiger partial charge in [0.05, 0.1) is 5.56 Å². The lowest BCUT2D eigenvalue weighted by molar-refractivity contribution is -0.144. The zero-order valence-electron chi connectivity index (χ0n) is 13.1. The van der Waals surface area contributed by atoms with Crippen LogP contribution in [0.2, 0.25) is 0 Å². The smallest absolute Gasteiger partial charge is 0.406 e. The topological polar surface area (TPSA) is 41.6 Å². The monoisotopic (exact) mass is 372 g/mol. The quantitative estimate of drug-likeness (QED) is 0.808. The number of nitrogens with one attached hydrogen (secondary N) is 1. The first-order chi connectivity index (χ1) is 12.2. The molecule has 2 aromatic carbocycles. The minimum absolute atomic E-state index is 0.130. The number of ether oxygens (including phenoxy) is 1. The molecule has 1 N–H and O–H groups in total. The van der Waals surface area contributed by atoms with E-state index < -0.39 is 31.4 Å². The highest BCUT2D eigenvalue weighted by molar-refractivity contribution is 6.01. The summed E-state index contributed by atoms with van der Waals surface area (Å²) in [6.45, 7) is -4.46. The molecule has 0 spiro atoms. The summed E-state index contributed by atoms with van der Waals surface area (Å²) >= 11 is 0. The Hall–Kier alpha value is -2.84. The second kappa shape index (κ2) is 6.81. The van der Waals surface area contributed by atoms with Crippen molar-refractivity contribution in [2.75, 3.05) is 11.9 Å². The van der Waals surface area contributed by atoms with Gasteiger partial charge < -0.3 is 15.0 Å². The zero-order chi connectivity index (χ0) is 18.9. The van der Waals surface area contributed by atoms with E-state index in [0.29, 0.717) is 16.2 Å². The highest BCUT2D eigenvalue weighted by Gasteiger charge is 2.40. The van der Waals surface area contributed by atoms with Crippen molar-refractivity contribution >= 4 is 11.6 Å². The molecule has 9 heteroatoms. The normalized spacial score (nSPS) is 17.1. The SMILES string of the molecule is O=C1c2ccccc2N[C@H](c2ccc(OC(F)F)cc2)N1CC(F)(F)F. The number of carbonyl (C=O) groups excluding carboxylic acids is 1. The van der Waals surface area contributed by atoms with Crippen molar-refractivity contribution in [1.29, 1.82) is 0 Å². The van der Waals surface area contributed by atoms with E-state index in [2.05, 4.69) is 10.1 Å². The highest BCUT2D eigenvalue weighted by Crippen LogP contribution is 2.35. The lowest BCUT2D eigenvalue weighted by atomic mass is 10.0. The van der Waals surface area contributed by atoms with Gasteiger partial charge in [-0.05, 0) is 29.8 Å². The largest absolute Gasteiger partial charge is 0.435 e. The van der Waals surface area contributed by atoms with E-state index in [-0.39, 0.29) is 11.3 Å². The summed E-state index contributed by atoms with van der Waals surface area (Å²) < 4.78 is 67.6. The number of amides is 1. The number of para-hydroxylation sites is 1. The molecule has 1 aliphatic heterocycles. The Morgan fingerprint density at radius 3 is 2.35 bits per heavy atom. The average molecular weight is 372 g/mol. The summed E-state index contributed by atoms with van der Waals surface area (Å²) in [6, 6.07) is 11.3. The minimum atomic E-state index is -4.60. The lowest BCUT2D eigenvalue weighted by Crippen LogP contribution is -2.47. The zero-order valence-corrected chi connectivity index (χ0v) is 13.1. The van der Waals surface area contributed by atoms with Crippen LogP contribution >= 0.6 is 0 Å². The molecule has 0 saturated heterocycles. The molecule has 4 nitrogen and oxygen atoms in total. The molecular weight excluding hydrogens is 359 g/mol. The van der Waals surface area contributed by atoms with E-state index in [0.717, 1.165) is 0 Å². The second-order valence-corrected chi connectivity index (χ2v) is 5.59. The number of halogens is 5. The van der Waals surface area contributed by atoms with Crippen molar-refractivity contribution in [2.24, 2.45) is 0 Å². The van der Waals surface area contributed by atoms with E-state index in [1.54, 1.807) is 18.2 Å². The van der Waals surface area contributed by atoms with Gasteiger partial charge in [0.2, 0.25) is 0 Å². The maximum absolute atomic E-state index is 13.0. The van der Waals surface area contributed by atoms with E-state index in [1.165, 1.54) is 30.3 Å². The van der Waals surface area contributed by atoms with Gasteiger partial charge in [-0.1, -0.05) is 24.3 Å². The van der Waals surface area contributed by atoms with Crippen LogP contribution in [0, 0.1) is 0 Å². The van der Waals surface area contributed by atoms with Gasteiger partial charge in [0.1, 0.15) is 18.5 Å². The fraction of sp³-hybridized carbons (Fsp3) is 0.235. The van der Waals surface area contributed by atoms with Crippen LogP contribution in [-0.4, -0.2) is 30.1 Å². The van der Waals surface area contributed by atoms with Crippen molar-refractivity contribution in [3.8, 4) is 5.75 Å². The van der Waals surface area contributed by atoms with Crippen LogP contribution in [0.5, 0.6) is 5.75 Å². The van der Waals surface area contributed by atoms with Crippen molar-refractivity contribution < 1.29 is 31.5 Å². The number of rotatable bonds is 4. The Kier molecular flexibility index (Phi) is 4.71. The summed E-state index contributed by atoms with van der Waals surface area (Å²) in [6.07, 6.45) is -5.69. The van der Waals surface area contributed by atoms with Gasteiger partial charge in [0.25, 0.3) is 5.91 Å². The molecule has 3 rings (SSSR count). The molecule has 0 radical (unpaired) electrons. The van der Waals surface area contributed by atoms with Gasteiger partial charge in [-0.3, -0.25) is 4.79 Å². The van der Waals surface area contributed by atoms with Crippen molar-refractivity contribution in [2.45, 2.75) is 19.0 Å². The Bertz CT molecular complexity index is 792. The molecule has 0 fully saturated rings. The van der Waals surface area contributed by atoms with Crippen molar-refractivity contribution in [3.63, 3.8) is 0 Å². The molecule has 0 aliphatic carbocycles. The first-order valence-corrected chi connectivity index (χ1v) is 7.52. The third-order valence-corrected chi connectivity index (χ3v) is 3.79. The van der Waals surface area contributed by atoms with Crippen molar-refractivity contribution in [1.82, 2.24) is 4.90 Å². The van der Waals surface area contributed by atoms with E-state index >= 15 is 0 Å². The van der Waals surface area contributed by atoms with Crippen LogP contribution in [0.15, 0.2) is 48.5 Å². The van der Waals surface area contributed by atoms with Gasteiger partial charge in [0.15, 0.2) is 0 Å². The molecule has 1 atom stereocenters. The molecule has 138 valence electrons. The van der Waals surface area contributed by atoms with Crippen LogP contribution in [0.25, 0.3) is 0 Å². The Morgan fingerprint density at radius 1 is 1.08 bits per heavy atom. The number of hydrogen-bond donors (Lipinski definition) is 1. The molecule has 0 aromatic heterocycles. The summed E-state index contributed by atoms with van der Waals surface area (Å²) in [4.78, 5) is 13.2. The Labute approximate surface area is 145 Å². The number of fused-ring (bicyclic) bond motifs is 1. The van der Waals surface area contributed by atoms with Gasteiger partial charge in [-0.25, -0.2) is 0 Å². The maximum atomic E-state index is 13.0. The van der Waals surface area contributed by atoms with Gasteiger partial charge in [-0.2, -0.15) is 22.0 Å². The Morgan fingerprint density at radius 2 is 1.73 bits per heavy atom. The molecule has 26 heavy (non-hydrogen) atoms. The predicted molar refractivity (Wildman–Crippen MR) is 83.0 cm³/mol. The van der Waals surface area contributed by atoms with Crippen LogP contribution in [0.1, 0.15) is 22.1 Å². The van der Waals surface area contributed by atoms with Gasteiger partial charge in [0, 0.05) is 5.69 Å². The summed E-state index contributed by atoms with van der Waals surface area (Å²) in [5, 5.41) is 2.89. The fourth-order valence-corrected chi connectivity index (χ4v) is 2.74. The Balaban J connectivity index is 1.95. The van der Waals surface area contributed by atoms with Gasteiger partial charge >= 0.3 is 12.8 Å². The maximum Gasteiger partial charge on any atom is 0.406 e. The molecule has 1 aliphatic rings. The average Bonchev–Trinajstić information content (AvgIpc) is 2.56. The molecular formula is C17H13F5N2O2. The minimum Gasteiger partial charge on any atom is -0.435 e. The van der Waals surface area contributed by atoms with Crippen LogP contribution in [-0.2, 0) is 0 Å². The predicted octanol–water partition coefficient (Wildman–Crippen LogP) is 4.42. The van der Waals surface area contributed by atoms with Crippen LogP contribution in [0.4, 0.5) is 27.6 Å². The van der Waals surface area contributed by atoms with E-state index in [4.69, 9.17) is 0 Å². The molecule has 1 heterocycles. The third-order valence-electron chi connectivity index (χ3n) is 3.79. The molecule has 0 bridgehead atoms. The fourth-order valence-electron chi connectivity index (χ4n) is 2.74. The van der Waals surface area contributed by atoms with E-state index in [9.17, 15) is 26.7 Å². The molecule has 1 amide bonds. The summed E-state index contributed by atoms with van der Waals surface area (Å²) in [5.74, 6) is -0.900. The number of benzene rings is 2.